The van der Waals surface area contributed by atoms with Crippen LogP contribution in [0, 0.1) is 0 Å². The van der Waals surface area contributed by atoms with Crippen molar-refractivity contribution >= 4 is 29.7 Å². The number of thioether (sulfide) groups is 1. The van der Waals surface area contributed by atoms with Gasteiger partial charge >= 0.3 is 0 Å². The lowest BCUT2D eigenvalue weighted by atomic mass is 10.1. The van der Waals surface area contributed by atoms with Crippen molar-refractivity contribution in [3.63, 3.8) is 0 Å². The van der Waals surface area contributed by atoms with E-state index in [4.69, 9.17) is 9.47 Å². The maximum Gasteiger partial charge on any atom is 0.244 e. The van der Waals surface area contributed by atoms with E-state index in [2.05, 4.69) is 20.8 Å². The largest absolute Gasteiger partial charge is 0.493 e. The molecule has 0 bridgehead atoms. The van der Waals surface area contributed by atoms with Crippen molar-refractivity contribution in [2.24, 2.45) is 0 Å². The summed E-state index contributed by atoms with van der Waals surface area (Å²) in [6, 6.07) is 15.4. The zero-order valence-corrected chi connectivity index (χ0v) is 21.5. The maximum absolute atomic E-state index is 12.3. The first-order valence-corrected chi connectivity index (χ1v) is 12.6. The normalized spacial score (nSPS) is 10.9. The molecule has 0 spiro atoms. The number of benzene rings is 2. The topological polar surface area (TPSA) is 107 Å². The molecule has 0 unspecified atom stereocenters. The van der Waals surface area contributed by atoms with E-state index in [9.17, 15) is 9.59 Å². The predicted molar refractivity (Wildman–Crippen MR) is 140 cm³/mol. The summed E-state index contributed by atoms with van der Waals surface area (Å²) in [6.45, 7) is 3.39. The zero-order chi connectivity index (χ0) is 25.8. The number of ether oxygens (including phenoxy) is 2. The van der Waals surface area contributed by atoms with Crippen molar-refractivity contribution in [2.45, 2.75) is 31.6 Å². The molecule has 3 aromatic rings. The second-order valence-electron chi connectivity index (χ2n) is 7.68. The molecule has 9 nitrogen and oxygen atoms in total. The highest BCUT2D eigenvalue weighted by molar-refractivity contribution is 7.99. The summed E-state index contributed by atoms with van der Waals surface area (Å²) < 4.78 is 12.4. The van der Waals surface area contributed by atoms with Gasteiger partial charge in [0.05, 0.1) is 26.5 Å². The van der Waals surface area contributed by atoms with Gasteiger partial charge in [0.2, 0.25) is 11.8 Å². The molecule has 0 aliphatic rings. The van der Waals surface area contributed by atoms with Gasteiger partial charge in [-0.2, -0.15) is 0 Å². The number of methoxy groups -OCH3 is 2. The molecule has 2 N–H and O–H groups in total. The number of amides is 2. The van der Waals surface area contributed by atoms with Gasteiger partial charge in [-0.25, -0.2) is 0 Å². The van der Waals surface area contributed by atoms with Crippen LogP contribution in [0.15, 0.2) is 59.8 Å². The Morgan fingerprint density at radius 1 is 1.03 bits per heavy atom. The summed E-state index contributed by atoms with van der Waals surface area (Å²) in [5.74, 6) is 1.76. The molecule has 0 aliphatic carbocycles. The third-order valence-electron chi connectivity index (χ3n) is 5.28. The Morgan fingerprint density at radius 2 is 1.81 bits per heavy atom. The molecule has 10 heteroatoms. The molecule has 0 aliphatic heterocycles. The standard InChI is InChI=1S/C26H31N5O4S/c1-4-31-23(17-28-24(32)13-11-20-10-12-21(34-2)22(16-20)35-3)29-30-26(31)36-18-25(33)27-15-14-19-8-6-5-7-9-19/h5-13,16H,4,14-15,17-18H2,1-3H3,(H,27,33)(H,28,32). The molecule has 0 fully saturated rings. The van der Waals surface area contributed by atoms with Gasteiger partial charge in [-0.1, -0.05) is 48.2 Å². The number of aromatic nitrogens is 3. The Hall–Kier alpha value is -3.79. The Labute approximate surface area is 215 Å². The number of carbonyl (C=O) groups is 2. The highest BCUT2D eigenvalue weighted by Gasteiger charge is 2.13. The van der Waals surface area contributed by atoms with Gasteiger partial charge in [-0.05, 0) is 42.7 Å². The molecular weight excluding hydrogens is 478 g/mol. The quantitative estimate of drug-likeness (QED) is 0.269. The van der Waals surface area contributed by atoms with Gasteiger partial charge in [-0.15, -0.1) is 10.2 Å². The molecule has 36 heavy (non-hydrogen) atoms. The van der Waals surface area contributed by atoms with E-state index in [1.54, 1.807) is 32.4 Å². The second kappa shape index (κ2) is 13.9. The Kier molecular flexibility index (Phi) is 10.4. The minimum atomic E-state index is -0.262. The van der Waals surface area contributed by atoms with Gasteiger partial charge in [0, 0.05) is 19.2 Å². The molecule has 2 amide bonds. The van der Waals surface area contributed by atoms with Crippen LogP contribution in [-0.2, 0) is 29.1 Å². The maximum atomic E-state index is 12.3. The molecule has 3 rings (SSSR count). The van der Waals surface area contributed by atoms with Crippen LogP contribution in [-0.4, -0.2) is 53.1 Å². The van der Waals surface area contributed by atoms with Crippen LogP contribution in [0.25, 0.3) is 6.08 Å². The number of rotatable bonds is 13. The van der Waals surface area contributed by atoms with Crippen LogP contribution in [0.4, 0.5) is 0 Å². The SMILES string of the molecule is CCn1c(CNC(=O)C=Cc2ccc(OC)c(OC)c2)nnc1SCC(=O)NCCc1ccccc1. The van der Waals surface area contributed by atoms with Crippen LogP contribution in [0.2, 0.25) is 0 Å². The van der Waals surface area contributed by atoms with Gasteiger partial charge in [0.25, 0.3) is 0 Å². The predicted octanol–water partition coefficient (Wildman–Crippen LogP) is 3.10. The lowest BCUT2D eigenvalue weighted by molar-refractivity contribution is -0.118. The highest BCUT2D eigenvalue weighted by Crippen LogP contribution is 2.27. The van der Waals surface area contributed by atoms with Crippen molar-refractivity contribution in [3.05, 3.63) is 71.6 Å². The fraction of sp³-hybridized carbons (Fsp3) is 0.308. The molecule has 0 saturated carbocycles. The van der Waals surface area contributed by atoms with Crippen molar-refractivity contribution in [1.29, 1.82) is 0 Å². The minimum Gasteiger partial charge on any atom is -0.493 e. The smallest absolute Gasteiger partial charge is 0.244 e. The number of nitrogens with zero attached hydrogens (tertiary/aromatic N) is 3. The van der Waals surface area contributed by atoms with E-state index in [0.717, 1.165) is 12.0 Å². The lowest BCUT2D eigenvalue weighted by Gasteiger charge is -2.08. The summed E-state index contributed by atoms with van der Waals surface area (Å²) in [5.41, 5.74) is 1.99. The Bertz CT molecular complexity index is 1180. The van der Waals surface area contributed by atoms with Crippen LogP contribution in [0.3, 0.4) is 0 Å². The first-order valence-electron chi connectivity index (χ1n) is 11.6. The number of hydrogen-bond acceptors (Lipinski definition) is 7. The van der Waals surface area contributed by atoms with E-state index in [1.165, 1.54) is 23.4 Å². The van der Waals surface area contributed by atoms with Gasteiger partial charge < -0.3 is 24.7 Å². The van der Waals surface area contributed by atoms with Gasteiger partial charge in [0.15, 0.2) is 22.5 Å². The molecule has 1 heterocycles. The molecule has 1 aromatic heterocycles. The third-order valence-corrected chi connectivity index (χ3v) is 6.24. The molecular formula is C26H31N5O4S. The molecule has 0 saturated heterocycles. The molecule has 0 radical (unpaired) electrons. The van der Waals surface area contributed by atoms with E-state index in [1.807, 2.05) is 47.9 Å². The van der Waals surface area contributed by atoms with Crippen LogP contribution < -0.4 is 20.1 Å². The second-order valence-corrected chi connectivity index (χ2v) is 8.63. The summed E-state index contributed by atoms with van der Waals surface area (Å²) in [6.07, 6.45) is 3.93. The van der Waals surface area contributed by atoms with E-state index < -0.39 is 0 Å². The van der Waals surface area contributed by atoms with E-state index in [0.29, 0.717) is 35.6 Å². The number of nitrogens with one attached hydrogen (secondary N) is 2. The highest BCUT2D eigenvalue weighted by atomic mass is 32.2. The van der Waals surface area contributed by atoms with Crippen molar-refractivity contribution < 1.29 is 19.1 Å². The minimum absolute atomic E-state index is 0.0586. The van der Waals surface area contributed by atoms with Crippen LogP contribution >= 0.6 is 11.8 Å². The number of hydrogen-bond donors (Lipinski definition) is 2. The lowest BCUT2D eigenvalue weighted by Crippen LogP contribution is -2.27. The zero-order valence-electron chi connectivity index (χ0n) is 20.7. The first kappa shape index (κ1) is 26.8. The van der Waals surface area contributed by atoms with Gasteiger partial charge in [0.1, 0.15) is 0 Å². The van der Waals surface area contributed by atoms with E-state index >= 15 is 0 Å². The Morgan fingerprint density at radius 3 is 2.53 bits per heavy atom. The first-order chi connectivity index (χ1) is 17.5. The average molecular weight is 510 g/mol. The Balaban J connectivity index is 1.47. The number of carbonyl (C=O) groups excluding carboxylic acids is 2. The molecule has 190 valence electrons. The van der Waals surface area contributed by atoms with Crippen LogP contribution in [0.5, 0.6) is 11.5 Å². The third kappa shape index (κ3) is 7.88. The van der Waals surface area contributed by atoms with Crippen molar-refractivity contribution in [1.82, 2.24) is 25.4 Å². The summed E-state index contributed by atoms with van der Waals surface area (Å²) in [4.78, 5) is 24.5. The molecule has 2 aromatic carbocycles. The fourth-order valence-corrected chi connectivity index (χ4v) is 4.25. The van der Waals surface area contributed by atoms with Crippen molar-refractivity contribution in [2.75, 3.05) is 26.5 Å². The average Bonchev–Trinajstić information content (AvgIpc) is 3.31. The van der Waals surface area contributed by atoms with Crippen molar-refractivity contribution in [3.8, 4) is 11.5 Å². The molecule has 0 atom stereocenters. The summed E-state index contributed by atoms with van der Waals surface area (Å²) >= 11 is 1.32. The monoisotopic (exact) mass is 509 g/mol. The summed E-state index contributed by atoms with van der Waals surface area (Å²) in [5, 5.41) is 14.8. The van der Waals surface area contributed by atoms with Gasteiger partial charge in [-0.3, -0.25) is 9.59 Å². The van der Waals surface area contributed by atoms with Crippen LogP contribution in [0.1, 0.15) is 23.9 Å². The summed E-state index contributed by atoms with van der Waals surface area (Å²) in [7, 11) is 3.13. The van der Waals surface area contributed by atoms with E-state index in [-0.39, 0.29) is 24.1 Å². The fourth-order valence-electron chi connectivity index (χ4n) is 3.40.